The van der Waals surface area contributed by atoms with Gasteiger partial charge in [-0.1, -0.05) is 23.7 Å². The van der Waals surface area contributed by atoms with E-state index in [1.807, 2.05) is 18.2 Å². The average molecular weight is 387 g/mol. The molecule has 0 bridgehead atoms. The Bertz CT molecular complexity index is 980. The molecule has 1 aliphatic heterocycles. The quantitative estimate of drug-likeness (QED) is 0.705. The van der Waals surface area contributed by atoms with E-state index >= 15 is 0 Å². The van der Waals surface area contributed by atoms with Crippen LogP contribution in [-0.2, 0) is 19.5 Å². The predicted octanol–water partition coefficient (Wildman–Crippen LogP) is 4.71. The summed E-state index contributed by atoms with van der Waals surface area (Å²) in [4.78, 5) is 11.1. The average Bonchev–Trinajstić information content (AvgIpc) is 2.64. The fourth-order valence-electron chi connectivity index (χ4n) is 3.17. The van der Waals surface area contributed by atoms with Crippen LogP contribution in [-0.4, -0.2) is 21.4 Å². The summed E-state index contributed by atoms with van der Waals surface area (Å²) in [5, 5.41) is 3.55. The molecule has 1 aliphatic rings. The molecule has 0 fully saturated rings. The summed E-state index contributed by atoms with van der Waals surface area (Å²) in [7, 11) is 0. The highest BCUT2D eigenvalue weighted by molar-refractivity contribution is 6.30. The van der Waals surface area contributed by atoms with Crippen molar-refractivity contribution >= 4 is 23.2 Å². The molecule has 3 aromatic rings. The van der Waals surface area contributed by atoms with Crippen LogP contribution >= 0.6 is 11.6 Å². The number of benzene rings is 2. The first kappa shape index (κ1) is 17.8. The molecule has 0 saturated carbocycles. The Balaban J connectivity index is 1.46. The van der Waals surface area contributed by atoms with Crippen LogP contribution in [0.25, 0.3) is 0 Å². The number of aromatic nitrogens is 2. The Morgan fingerprint density at radius 3 is 2.85 bits per heavy atom. The lowest BCUT2D eigenvalue weighted by molar-refractivity contribution is 0.243. The Hall–Kier alpha value is -2.57. The second-order valence-corrected chi connectivity index (χ2v) is 6.94. The number of anilines is 2. The molecule has 0 atom stereocenters. The maximum absolute atomic E-state index is 13.8. The van der Waals surface area contributed by atoms with Crippen molar-refractivity contribution in [3.8, 4) is 0 Å². The molecule has 138 valence electrons. The number of nitrogens with one attached hydrogen (secondary N) is 1. The molecule has 0 unspecified atom stereocenters. The number of halogens is 3. The second kappa shape index (κ2) is 7.58. The third-order valence-corrected chi connectivity index (χ3v) is 4.72. The molecule has 1 aromatic heterocycles. The fraction of sp³-hybridized carbons (Fsp3) is 0.200. The van der Waals surface area contributed by atoms with Crippen molar-refractivity contribution in [3.05, 3.63) is 82.1 Å². The maximum Gasteiger partial charge on any atom is 0.227 e. The van der Waals surface area contributed by atoms with Gasteiger partial charge in [-0.2, -0.15) is 0 Å². The van der Waals surface area contributed by atoms with Crippen LogP contribution in [0.4, 0.5) is 20.4 Å². The summed E-state index contributed by atoms with van der Waals surface area (Å²) in [6.45, 7) is 2.41. The molecule has 0 radical (unpaired) electrons. The molecule has 2 heterocycles. The molecule has 0 aliphatic carbocycles. The van der Waals surface area contributed by atoms with Crippen LogP contribution in [0.5, 0.6) is 0 Å². The minimum absolute atomic E-state index is 0.148. The van der Waals surface area contributed by atoms with Gasteiger partial charge in [0.1, 0.15) is 11.6 Å². The number of nitrogens with zero attached hydrogens (tertiary/aromatic N) is 3. The van der Waals surface area contributed by atoms with Gasteiger partial charge in [0.2, 0.25) is 5.95 Å². The van der Waals surface area contributed by atoms with Crippen LogP contribution in [0.3, 0.4) is 0 Å². The number of hydrogen-bond donors (Lipinski definition) is 1. The van der Waals surface area contributed by atoms with Crippen molar-refractivity contribution in [1.29, 1.82) is 0 Å². The van der Waals surface area contributed by atoms with Gasteiger partial charge in [0.05, 0.1) is 11.4 Å². The van der Waals surface area contributed by atoms with E-state index < -0.39 is 11.6 Å². The Kier molecular flexibility index (Phi) is 5.01. The highest BCUT2D eigenvalue weighted by Crippen LogP contribution is 2.23. The zero-order chi connectivity index (χ0) is 18.8. The topological polar surface area (TPSA) is 41.1 Å². The summed E-state index contributed by atoms with van der Waals surface area (Å²) in [6.07, 6.45) is 2.54. The lowest BCUT2D eigenvalue weighted by atomic mass is 10.1. The molecule has 0 spiro atoms. The van der Waals surface area contributed by atoms with Crippen molar-refractivity contribution in [2.75, 3.05) is 11.9 Å². The molecular formula is C20H17ClF2N4. The molecule has 2 aromatic carbocycles. The molecular weight excluding hydrogens is 370 g/mol. The van der Waals surface area contributed by atoms with E-state index in [-0.39, 0.29) is 5.69 Å². The van der Waals surface area contributed by atoms with Gasteiger partial charge in [0, 0.05) is 48.9 Å². The van der Waals surface area contributed by atoms with E-state index in [2.05, 4.69) is 26.3 Å². The molecule has 4 rings (SSSR count). The summed E-state index contributed by atoms with van der Waals surface area (Å²) >= 11 is 6.05. The van der Waals surface area contributed by atoms with Gasteiger partial charge in [-0.15, -0.1) is 0 Å². The number of hydrogen-bond acceptors (Lipinski definition) is 4. The van der Waals surface area contributed by atoms with E-state index in [1.54, 1.807) is 6.20 Å². The monoisotopic (exact) mass is 386 g/mol. The smallest absolute Gasteiger partial charge is 0.227 e. The first-order valence-corrected chi connectivity index (χ1v) is 8.98. The van der Waals surface area contributed by atoms with Gasteiger partial charge in [0.15, 0.2) is 0 Å². The van der Waals surface area contributed by atoms with Gasteiger partial charge < -0.3 is 5.32 Å². The Morgan fingerprint density at radius 2 is 2.04 bits per heavy atom. The van der Waals surface area contributed by atoms with E-state index in [0.717, 1.165) is 54.0 Å². The Morgan fingerprint density at radius 1 is 1.15 bits per heavy atom. The summed E-state index contributed by atoms with van der Waals surface area (Å²) in [6, 6.07) is 11.2. The van der Waals surface area contributed by atoms with Gasteiger partial charge in [-0.25, -0.2) is 18.7 Å². The van der Waals surface area contributed by atoms with Crippen LogP contribution in [0, 0.1) is 11.6 Å². The minimum Gasteiger partial charge on any atom is -0.322 e. The zero-order valence-corrected chi connectivity index (χ0v) is 15.2. The predicted molar refractivity (Wildman–Crippen MR) is 101 cm³/mol. The fourth-order valence-corrected chi connectivity index (χ4v) is 3.39. The molecule has 0 amide bonds. The first-order chi connectivity index (χ1) is 13.1. The summed E-state index contributed by atoms with van der Waals surface area (Å²) in [5.74, 6) is -0.990. The second-order valence-electron chi connectivity index (χ2n) is 6.51. The largest absolute Gasteiger partial charge is 0.322 e. The molecule has 7 heteroatoms. The standard InChI is InChI=1S/C20H17ClF2N4/c21-15-3-1-2-13(8-15)11-27-7-6-18-14(12-27)10-24-20(25-18)26-19-5-4-16(22)9-17(19)23/h1-5,8-10H,6-7,11-12H2,(H,24,25,26). The lowest BCUT2D eigenvalue weighted by Crippen LogP contribution is -2.31. The maximum atomic E-state index is 13.8. The number of rotatable bonds is 4. The van der Waals surface area contributed by atoms with E-state index in [1.165, 1.54) is 12.1 Å². The lowest BCUT2D eigenvalue weighted by Gasteiger charge is -2.28. The van der Waals surface area contributed by atoms with Crippen molar-refractivity contribution in [2.45, 2.75) is 19.5 Å². The normalized spacial score (nSPS) is 14.0. The molecule has 1 N–H and O–H groups in total. The molecule has 0 saturated heterocycles. The minimum atomic E-state index is -0.677. The zero-order valence-electron chi connectivity index (χ0n) is 14.4. The van der Waals surface area contributed by atoms with E-state index in [0.29, 0.717) is 5.95 Å². The van der Waals surface area contributed by atoms with Gasteiger partial charge >= 0.3 is 0 Å². The van der Waals surface area contributed by atoms with Gasteiger partial charge in [-0.05, 0) is 29.8 Å². The highest BCUT2D eigenvalue weighted by atomic mass is 35.5. The molecule has 27 heavy (non-hydrogen) atoms. The van der Waals surface area contributed by atoms with E-state index in [4.69, 9.17) is 11.6 Å². The third kappa shape index (κ3) is 4.23. The van der Waals surface area contributed by atoms with Crippen molar-refractivity contribution in [2.24, 2.45) is 0 Å². The van der Waals surface area contributed by atoms with Crippen LogP contribution < -0.4 is 5.32 Å². The van der Waals surface area contributed by atoms with Crippen LogP contribution in [0.1, 0.15) is 16.8 Å². The first-order valence-electron chi connectivity index (χ1n) is 8.60. The van der Waals surface area contributed by atoms with Gasteiger partial charge in [-0.3, -0.25) is 4.90 Å². The van der Waals surface area contributed by atoms with Crippen LogP contribution in [0.2, 0.25) is 5.02 Å². The number of fused-ring (bicyclic) bond motifs is 1. The Labute approximate surface area is 160 Å². The van der Waals surface area contributed by atoms with Crippen molar-refractivity contribution in [3.63, 3.8) is 0 Å². The third-order valence-electron chi connectivity index (χ3n) is 4.49. The van der Waals surface area contributed by atoms with Gasteiger partial charge in [0.25, 0.3) is 0 Å². The summed E-state index contributed by atoms with van der Waals surface area (Å²) in [5.41, 5.74) is 3.30. The van der Waals surface area contributed by atoms with Crippen LogP contribution in [0.15, 0.2) is 48.7 Å². The molecule has 4 nitrogen and oxygen atoms in total. The van der Waals surface area contributed by atoms with E-state index in [9.17, 15) is 8.78 Å². The van der Waals surface area contributed by atoms with Crippen molar-refractivity contribution < 1.29 is 8.78 Å². The SMILES string of the molecule is Fc1ccc(Nc2ncc3c(n2)CCN(Cc2cccc(Cl)c2)C3)c(F)c1. The van der Waals surface area contributed by atoms with Crippen molar-refractivity contribution in [1.82, 2.24) is 14.9 Å². The highest BCUT2D eigenvalue weighted by Gasteiger charge is 2.19. The summed E-state index contributed by atoms with van der Waals surface area (Å²) < 4.78 is 26.8.